The molecule has 0 saturated heterocycles. The van der Waals surface area contributed by atoms with Crippen LogP contribution in [0.3, 0.4) is 0 Å². The summed E-state index contributed by atoms with van der Waals surface area (Å²) in [5, 5.41) is 8.78. The summed E-state index contributed by atoms with van der Waals surface area (Å²) in [6, 6.07) is 5.16. The summed E-state index contributed by atoms with van der Waals surface area (Å²) >= 11 is 0. The van der Waals surface area contributed by atoms with E-state index in [9.17, 15) is 9.18 Å². The van der Waals surface area contributed by atoms with Gasteiger partial charge in [-0.3, -0.25) is 9.69 Å². The molecule has 5 heteroatoms. The number of nitrogens with zero attached hydrogens (tertiary/aromatic N) is 1. The zero-order chi connectivity index (χ0) is 12.8. The first kappa shape index (κ1) is 13.4. The van der Waals surface area contributed by atoms with Crippen LogP contribution in [0.15, 0.2) is 24.3 Å². The van der Waals surface area contributed by atoms with Crippen molar-refractivity contribution >= 4 is 5.97 Å². The lowest BCUT2D eigenvalue weighted by Crippen LogP contribution is -2.38. The molecule has 1 atom stereocenters. The average molecular weight is 241 g/mol. The topological polar surface area (TPSA) is 49.8 Å². The van der Waals surface area contributed by atoms with Crippen molar-refractivity contribution in [2.75, 3.05) is 20.2 Å². The first-order chi connectivity index (χ1) is 8.00. The molecule has 0 heterocycles. The first-order valence-corrected chi connectivity index (χ1v) is 5.32. The van der Waals surface area contributed by atoms with Gasteiger partial charge in [0.1, 0.15) is 24.2 Å². The van der Waals surface area contributed by atoms with Gasteiger partial charge in [-0.05, 0) is 38.2 Å². The van der Waals surface area contributed by atoms with Gasteiger partial charge in [-0.25, -0.2) is 4.39 Å². The molecule has 4 nitrogen and oxygen atoms in total. The van der Waals surface area contributed by atoms with Crippen LogP contribution in [0.2, 0.25) is 0 Å². The highest BCUT2D eigenvalue weighted by atomic mass is 19.1. The molecule has 0 spiro atoms. The molecule has 0 aliphatic carbocycles. The lowest BCUT2D eigenvalue weighted by Gasteiger charge is -2.20. The van der Waals surface area contributed by atoms with E-state index in [0.717, 1.165) is 0 Å². The quantitative estimate of drug-likeness (QED) is 0.822. The first-order valence-electron chi connectivity index (χ1n) is 5.32. The zero-order valence-electron chi connectivity index (χ0n) is 9.89. The third kappa shape index (κ3) is 4.40. The van der Waals surface area contributed by atoms with Gasteiger partial charge in [0.05, 0.1) is 0 Å². The lowest BCUT2D eigenvalue weighted by molar-refractivity contribution is -0.142. The van der Waals surface area contributed by atoms with E-state index < -0.39 is 12.0 Å². The molecule has 17 heavy (non-hydrogen) atoms. The summed E-state index contributed by atoms with van der Waals surface area (Å²) in [5.74, 6) is -0.606. The summed E-state index contributed by atoms with van der Waals surface area (Å²) in [6.45, 7) is 2.46. The summed E-state index contributed by atoms with van der Waals surface area (Å²) in [6.07, 6.45) is 0. The van der Waals surface area contributed by atoms with Gasteiger partial charge in [-0.15, -0.1) is 0 Å². The summed E-state index contributed by atoms with van der Waals surface area (Å²) in [4.78, 5) is 12.4. The third-order valence-corrected chi connectivity index (χ3v) is 2.54. The minimum Gasteiger partial charge on any atom is -0.492 e. The van der Waals surface area contributed by atoms with Crippen molar-refractivity contribution in [3.05, 3.63) is 30.1 Å². The van der Waals surface area contributed by atoms with E-state index in [1.165, 1.54) is 24.3 Å². The second-order valence-electron chi connectivity index (χ2n) is 3.80. The third-order valence-electron chi connectivity index (χ3n) is 2.54. The Balaban J connectivity index is 2.32. The van der Waals surface area contributed by atoms with Crippen molar-refractivity contribution in [2.45, 2.75) is 13.0 Å². The predicted molar refractivity (Wildman–Crippen MR) is 61.6 cm³/mol. The number of ether oxygens (including phenoxy) is 1. The lowest BCUT2D eigenvalue weighted by atomic mass is 10.3. The Kier molecular flexibility index (Phi) is 4.90. The second-order valence-corrected chi connectivity index (χ2v) is 3.80. The number of carbonyl (C=O) groups is 1. The maximum atomic E-state index is 12.6. The van der Waals surface area contributed by atoms with Crippen molar-refractivity contribution in [3.63, 3.8) is 0 Å². The van der Waals surface area contributed by atoms with Crippen LogP contribution >= 0.6 is 0 Å². The minimum absolute atomic E-state index is 0.311. The van der Waals surface area contributed by atoms with Gasteiger partial charge in [0.25, 0.3) is 0 Å². The average Bonchev–Trinajstić information content (AvgIpc) is 2.30. The fourth-order valence-corrected chi connectivity index (χ4v) is 1.22. The maximum Gasteiger partial charge on any atom is 0.320 e. The van der Waals surface area contributed by atoms with Crippen LogP contribution in [-0.4, -0.2) is 42.2 Å². The Labute approximate surface area is 99.6 Å². The molecule has 1 N–H and O–H groups in total. The predicted octanol–water partition coefficient (Wildman–Crippen LogP) is 1.61. The Morgan fingerprint density at radius 3 is 2.59 bits per heavy atom. The number of aliphatic carboxylic acids is 1. The van der Waals surface area contributed by atoms with E-state index in [4.69, 9.17) is 9.84 Å². The standard InChI is InChI=1S/C12H16FNO3/c1-9(12(15)16)14(2)7-8-17-11-5-3-10(13)4-6-11/h3-6,9H,7-8H2,1-2H3,(H,15,16). The molecule has 1 unspecified atom stereocenters. The molecular formula is C12H16FNO3. The van der Waals surface area contributed by atoms with Crippen molar-refractivity contribution in [1.82, 2.24) is 4.90 Å². The SMILES string of the molecule is CC(C(=O)O)N(C)CCOc1ccc(F)cc1. The summed E-state index contributed by atoms with van der Waals surface area (Å²) in [5.41, 5.74) is 0. The maximum absolute atomic E-state index is 12.6. The number of carboxylic acids is 1. The zero-order valence-corrected chi connectivity index (χ0v) is 9.89. The van der Waals surface area contributed by atoms with Gasteiger partial charge in [0.2, 0.25) is 0 Å². The number of rotatable bonds is 6. The van der Waals surface area contributed by atoms with Crippen molar-refractivity contribution in [3.8, 4) is 5.75 Å². The van der Waals surface area contributed by atoms with E-state index >= 15 is 0 Å². The molecule has 1 aromatic carbocycles. The summed E-state index contributed by atoms with van der Waals surface area (Å²) in [7, 11) is 1.72. The van der Waals surface area contributed by atoms with E-state index in [0.29, 0.717) is 18.9 Å². The number of carboxylic acid groups (broad SMARTS) is 1. The molecule has 0 bridgehead atoms. The van der Waals surface area contributed by atoms with E-state index in [1.54, 1.807) is 18.9 Å². The molecule has 1 aromatic rings. The Morgan fingerprint density at radius 1 is 1.47 bits per heavy atom. The molecule has 0 aromatic heterocycles. The largest absolute Gasteiger partial charge is 0.492 e. The molecule has 94 valence electrons. The van der Waals surface area contributed by atoms with E-state index in [-0.39, 0.29) is 5.82 Å². The van der Waals surface area contributed by atoms with Crippen LogP contribution in [0.1, 0.15) is 6.92 Å². The monoisotopic (exact) mass is 241 g/mol. The van der Waals surface area contributed by atoms with Crippen molar-refractivity contribution in [2.24, 2.45) is 0 Å². The van der Waals surface area contributed by atoms with Crippen molar-refractivity contribution in [1.29, 1.82) is 0 Å². The summed E-state index contributed by atoms with van der Waals surface area (Å²) < 4.78 is 18.0. The van der Waals surface area contributed by atoms with Crippen LogP contribution < -0.4 is 4.74 Å². The minimum atomic E-state index is -0.866. The van der Waals surface area contributed by atoms with Gasteiger partial charge in [0, 0.05) is 6.54 Å². The Bertz CT molecular complexity index is 367. The highest BCUT2D eigenvalue weighted by molar-refractivity contribution is 5.72. The normalized spacial score (nSPS) is 12.5. The molecule has 0 amide bonds. The highest BCUT2D eigenvalue weighted by Crippen LogP contribution is 2.10. The number of hydrogen-bond acceptors (Lipinski definition) is 3. The molecule has 0 fully saturated rings. The van der Waals surface area contributed by atoms with Gasteiger partial charge in [0.15, 0.2) is 0 Å². The van der Waals surface area contributed by atoms with Crippen LogP contribution in [-0.2, 0) is 4.79 Å². The Morgan fingerprint density at radius 2 is 2.06 bits per heavy atom. The fraction of sp³-hybridized carbons (Fsp3) is 0.417. The highest BCUT2D eigenvalue weighted by Gasteiger charge is 2.15. The van der Waals surface area contributed by atoms with Gasteiger partial charge in [-0.1, -0.05) is 0 Å². The van der Waals surface area contributed by atoms with Gasteiger partial charge in [-0.2, -0.15) is 0 Å². The second kappa shape index (κ2) is 6.20. The number of hydrogen-bond donors (Lipinski definition) is 1. The molecular weight excluding hydrogens is 225 g/mol. The van der Waals surface area contributed by atoms with Crippen LogP contribution in [0, 0.1) is 5.82 Å². The van der Waals surface area contributed by atoms with Crippen LogP contribution in [0.5, 0.6) is 5.75 Å². The smallest absolute Gasteiger partial charge is 0.320 e. The van der Waals surface area contributed by atoms with Gasteiger partial charge >= 0.3 is 5.97 Å². The molecule has 0 saturated carbocycles. The van der Waals surface area contributed by atoms with Gasteiger partial charge < -0.3 is 9.84 Å². The van der Waals surface area contributed by atoms with E-state index in [1.807, 2.05) is 0 Å². The van der Waals surface area contributed by atoms with Crippen LogP contribution in [0.25, 0.3) is 0 Å². The fourth-order valence-electron chi connectivity index (χ4n) is 1.22. The molecule has 0 aliphatic heterocycles. The number of likely N-dealkylation sites (N-methyl/N-ethyl adjacent to an activating group) is 1. The number of benzene rings is 1. The number of halogens is 1. The Hall–Kier alpha value is -1.62. The molecule has 0 radical (unpaired) electrons. The van der Waals surface area contributed by atoms with E-state index in [2.05, 4.69) is 0 Å². The molecule has 0 aliphatic rings. The van der Waals surface area contributed by atoms with Crippen molar-refractivity contribution < 1.29 is 19.0 Å². The molecule has 1 rings (SSSR count). The van der Waals surface area contributed by atoms with Crippen LogP contribution in [0.4, 0.5) is 4.39 Å².